The van der Waals surface area contributed by atoms with Crippen LogP contribution in [-0.4, -0.2) is 30.3 Å². The Labute approximate surface area is 103 Å². The van der Waals surface area contributed by atoms with E-state index in [1.165, 1.54) is 0 Å². The molecule has 0 bridgehead atoms. The Bertz CT molecular complexity index is 370. The van der Waals surface area contributed by atoms with Crippen molar-refractivity contribution in [2.75, 3.05) is 25.1 Å². The molecule has 1 aromatic carbocycles. The third kappa shape index (κ3) is 3.15. The predicted molar refractivity (Wildman–Crippen MR) is 70.4 cm³/mol. The third-order valence-corrected chi connectivity index (χ3v) is 2.97. The number of thiocarbonyl (C=S) groups is 1. The van der Waals surface area contributed by atoms with Crippen LogP contribution in [0.1, 0.15) is 5.56 Å². The molecule has 1 aromatic rings. The van der Waals surface area contributed by atoms with Crippen molar-refractivity contribution in [2.24, 2.45) is 5.73 Å². The minimum atomic E-state index is 0.130. The largest absolute Gasteiger partial charge is 0.395 e. The average Bonchev–Trinajstić information content (AvgIpc) is 2.17. The molecule has 0 saturated heterocycles. The number of rotatable bonds is 4. The summed E-state index contributed by atoms with van der Waals surface area (Å²) in [7, 11) is 1.92. The van der Waals surface area contributed by atoms with Gasteiger partial charge in [0.05, 0.1) is 6.61 Å². The molecular formula is C10H13BrN2OS. The van der Waals surface area contributed by atoms with Gasteiger partial charge in [0.15, 0.2) is 0 Å². The Kier molecular flexibility index (Phi) is 4.50. The standard InChI is InChI=1S/C10H13BrN2OS/c1-13(4-5-14)7-2-3-8(10(12)15)9(11)6-7/h2-3,6,14H,4-5H2,1H3,(H2,12,15). The van der Waals surface area contributed by atoms with Crippen LogP contribution in [0.25, 0.3) is 0 Å². The molecule has 0 saturated carbocycles. The van der Waals surface area contributed by atoms with Gasteiger partial charge in [0.25, 0.3) is 0 Å². The zero-order valence-electron chi connectivity index (χ0n) is 8.40. The van der Waals surface area contributed by atoms with Crippen LogP contribution in [0.5, 0.6) is 0 Å². The second-order valence-corrected chi connectivity index (χ2v) is 4.47. The summed E-state index contributed by atoms with van der Waals surface area (Å²) in [4.78, 5) is 2.33. The zero-order chi connectivity index (χ0) is 11.4. The van der Waals surface area contributed by atoms with E-state index in [1.807, 2.05) is 30.1 Å². The van der Waals surface area contributed by atoms with Crippen molar-refractivity contribution in [3.05, 3.63) is 28.2 Å². The van der Waals surface area contributed by atoms with Gasteiger partial charge in [0, 0.05) is 29.3 Å². The summed E-state index contributed by atoms with van der Waals surface area (Å²) in [6.45, 7) is 0.726. The number of halogens is 1. The lowest BCUT2D eigenvalue weighted by Crippen LogP contribution is -2.21. The first-order valence-electron chi connectivity index (χ1n) is 4.47. The van der Waals surface area contributed by atoms with Gasteiger partial charge in [-0.2, -0.15) is 0 Å². The molecule has 15 heavy (non-hydrogen) atoms. The van der Waals surface area contributed by atoms with Crippen LogP contribution in [-0.2, 0) is 0 Å². The molecule has 0 amide bonds. The van der Waals surface area contributed by atoms with Gasteiger partial charge in [-0.1, -0.05) is 12.2 Å². The second kappa shape index (κ2) is 5.44. The molecule has 0 radical (unpaired) electrons. The second-order valence-electron chi connectivity index (χ2n) is 3.17. The predicted octanol–water partition coefficient (Wildman–Crippen LogP) is 1.51. The maximum absolute atomic E-state index is 8.82. The van der Waals surface area contributed by atoms with E-state index in [-0.39, 0.29) is 6.61 Å². The molecule has 0 heterocycles. The van der Waals surface area contributed by atoms with E-state index in [1.54, 1.807) is 0 Å². The van der Waals surface area contributed by atoms with E-state index < -0.39 is 0 Å². The van der Waals surface area contributed by atoms with Gasteiger partial charge in [-0.3, -0.25) is 0 Å². The molecular weight excluding hydrogens is 276 g/mol. The highest BCUT2D eigenvalue weighted by atomic mass is 79.9. The van der Waals surface area contributed by atoms with E-state index in [9.17, 15) is 0 Å². The molecule has 3 nitrogen and oxygen atoms in total. The summed E-state index contributed by atoms with van der Waals surface area (Å²) in [5.74, 6) is 0. The molecule has 82 valence electrons. The van der Waals surface area contributed by atoms with Crippen LogP contribution in [0.2, 0.25) is 0 Å². The summed E-state index contributed by atoms with van der Waals surface area (Å²) < 4.78 is 0.872. The van der Waals surface area contributed by atoms with Gasteiger partial charge in [-0.25, -0.2) is 0 Å². The summed E-state index contributed by atoms with van der Waals surface area (Å²) in [5.41, 5.74) is 7.38. The van der Waals surface area contributed by atoms with Gasteiger partial charge >= 0.3 is 0 Å². The molecule has 0 aliphatic rings. The van der Waals surface area contributed by atoms with Crippen molar-refractivity contribution in [1.29, 1.82) is 0 Å². The van der Waals surface area contributed by atoms with E-state index in [0.29, 0.717) is 11.5 Å². The number of aliphatic hydroxyl groups is 1. The lowest BCUT2D eigenvalue weighted by molar-refractivity contribution is 0.304. The normalized spacial score (nSPS) is 10.1. The van der Waals surface area contributed by atoms with E-state index in [0.717, 1.165) is 15.7 Å². The maximum Gasteiger partial charge on any atom is 0.105 e. The van der Waals surface area contributed by atoms with Crippen LogP contribution in [0.4, 0.5) is 5.69 Å². The van der Waals surface area contributed by atoms with Crippen molar-refractivity contribution in [1.82, 2.24) is 0 Å². The van der Waals surface area contributed by atoms with Crippen molar-refractivity contribution in [3.63, 3.8) is 0 Å². The minimum Gasteiger partial charge on any atom is -0.395 e. The third-order valence-electron chi connectivity index (χ3n) is 2.09. The van der Waals surface area contributed by atoms with Crippen molar-refractivity contribution in [2.45, 2.75) is 0 Å². The van der Waals surface area contributed by atoms with Crippen LogP contribution in [0, 0.1) is 0 Å². The van der Waals surface area contributed by atoms with Gasteiger partial charge in [-0.05, 0) is 34.1 Å². The van der Waals surface area contributed by atoms with Crippen molar-refractivity contribution >= 4 is 38.8 Å². The van der Waals surface area contributed by atoms with Gasteiger partial charge in [-0.15, -0.1) is 0 Å². The fourth-order valence-corrected chi connectivity index (χ4v) is 2.11. The Morgan fingerprint density at radius 2 is 2.27 bits per heavy atom. The molecule has 5 heteroatoms. The Morgan fingerprint density at radius 3 is 2.73 bits per heavy atom. The number of hydrogen-bond donors (Lipinski definition) is 2. The number of nitrogens with two attached hydrogens (primary N) is 1. The lowest BCUT2D eigenvalue weighted by Gasteiger charge is -2.18. The molecule has 0 aliphatic carbocycles. The fraction of sp³-hybridized carbons (Fsp3) is 0.300. The first kappa shape index (κ1) is 12.4. The molecule has 3 N–H and O–H groups in total. The molecule has 1 rings (SSSR count). The lowest BCUT2D eigenvalue weighted by atomic mass is 10.2. The first-order valence-corrected chi connectivity index (χ1v) is 5.67. The molecule has 0 spiro atoms. The summed E-state index contributed by atoms with van der Waals surface area (Å²) in [6, 6.07) is 5.73. The monoisotopic (exact) mass is 288 g/mol. The number of likely N-dealkylation sites (N-methyl/N-ethyl adjacent to an activating group) is 1. The molecule has 0 unspecified atom stereocenters. The molecule has 0 fully saturated rings. The number of anilines is 1. The minimum absolute atomic E-state index is 0.130. The quantitative estimate of drug-likeness (QED) is 0.825. The average molecular weight is 289 g/mol. The zero-order valence-corrected chi connectivity index (χ0v) is 10.8. The van der Waals surface area contributed by atoms with Crippen molar-refractivity contribution < 1.29 is 5.11 Å². The molecule has 0 aromatic heterocycles. The van der Waals surface area contributed by atoms with Crippen LogP contribution in [0.3, 0.4) is 0 Å². The van der Waals surface area contributed by atoms with Gasteiger partial charge in [0.1, 0.15) is 4.99 Å². The first-order chi connectivity index (χ1) is 7.06. The van der Waals surface area contributed by atoms with E-state index >= 15 is 0 Å². The summed E-state index contributed by atoms with van der Waals surface area (Å²) in [6.07, 6.45) is 0. The molecule has 0 atom stereocenters. The topological polar surface area (TPSA) is 49.5 Å². The number of benzene rings is 1. The number of aliphatic hydroxyl groups excluding tert-OH is 1. The van der Waals surface area contributed by atoms with Gasteiger partial charge < -0.3 is 15.7 Å². The van der Waals surface area contributed by atoms with Crippen LogP contribution >= 0.6 is 28.1 Å². The summed E-state index contributed by atoms with van der Waals surface area (Å²) in [5, 5.41) is 8.82. The smallest absolute Gasteiger partial charge is 0.105 e. The molecule has 0 aliphatic heterocycles. The fourth-order valence-electron chi connectivity index (χ4n) is 1.22. The Morgan fingerprint density at radius 1 is 1.60 bits per heavy atom. The Balaban J connectivity index is 2.96. The highest BCUT2D eigenvalue weighted by Gasteiger charge is 2.06. The maximum atomic E-state index is 8.82. The number of nitrogens with zero attached hydrogens (tertiary/aromatic N) is 1. The highest BCUT2D eigenvalue weighted by Crippen LogP contribution is 2.23. The summed E-state index contributed by atoms with van der Waals surface area (Å²) >= 11 is 8.31. The van der Waals surface area contributed by atoms with Crippen molar-refractivity contribution in [3.8, 4) is 0 Å². The van der Waals surface area contributed by atoms with E-state index in [4.69, 9.17) is 23.1 Å². The van der Waals surface area contributed by atoms with Crippen LogP contribution < -0.4 is 10.6 Å². The SMILES string of the molecule is CN(CCO)c1ccc(C(N)=S)c(Br)c1. The Hall–Kier alpha value is -0.650. The van der Waals surface area contributed by atoms with Crippen LogP contribution in [0.15, 0.2) is 22.7 Å². The highest BCUT2D eigenvalue weighted by molar-refractivity contribution is 9.10. The van der Waals surface area contributed by atoms with Gasteiger partial charge in [0.2, 0.25) is 0 Å². The van der Waals surface area contributed by atoms with E-state index in [2.05, 4.69) is 15.9 Å². The number of hydrogen-bond acceptors (Lipinski definition) is 3.